The summed E-state index contributed by atoms with van der Waals surface area (Å²) in [6.45, 7) is 0.567. The molecule has 0 bridgehead atoms. The van der Waals surface area contributed by atoms with Crippen molar-refractivity contribution in [3.8, 4) is 0 Å². The third kappa shape index (κ3) is 3.89. The van der Waals surface area contributed by atoms with Gasteiger partial charge in [0.25, 0.3) is 0 Å². The molecule has 1 aliphatic rings. The molecule has 122 valence electrons. The Hall–Kier alpha value is -1.34. The fourth-order valence-corrected chi connectivity index (χ4v) is 2.79. The smallest absolute Gasteiger partial charge is 0.393 e. The number of piperidine rings is 1. The summed E-state index contributed by atoms with van der Waals surface area (Å²) in [5.41, 5.74) is 0.447. The minimum Gasteiger partial charge on any atom is -0.464 e. The van der Waals surface area contributed by atoms with Crippen LogP contribution in [0.25, 0.3) is 0 Å². The van der Waals surface area contributed by atoms with Gasteiger partial charge in [-0.25, -0.2) is 9.78 Å². The highest BCUT2D eigenvalue weighted by Crippen LogP contribution is 2.34. The van der Waals surface area contributed by atoms with Gasteiger partial charge in [0.2, 0.25) is 0 Å². The fourth-order valence-electron chi connectivity index (χ4n) is 2.58. The first-order chi connectivity index (χ1) is 10.3. The summed E-state index contributed by atoms with van der Waals surface area (Å²) >= 11 is 6.08. The molecule has 0 spiro atoms. The molecule has 1 aromatic rings. The van der Waals surface area contributed by atoms with E-state index in [1.807, 2.05) is 0 Å². The molecule has 0 aliphatic carbocycles. The number of ether oxygens (including phenoxy) is 1. The molecule has 0 N–H and O–H groups in total. The summed E-state index contributed by atoms with van der Waals surface area (Å²) in [6, 6.07) is 1.51. The third-order valence-corrected chi connectivity index (χ3v) is 4.08. The van der Waals surface area contributed by atoms with E-state index < -0.39 is 18.1 Å². The van der Waals surface area contributed by atoms with Crippen LogP contribution in [-0.2, 0) is 11.3 Å². The number of alkyl halides is 3. The van der Waals surface area contributed by atoms with Crippen LogP contribution in [0.5, 0.6) is 0 Å². The maximum absolute atomic E-state index is 12.9. The second-order valence-electron chi connectivity index (χ2n) is 5.23. The van der Waals surface area contributed by atoms with Crippen molar-refractivity contribution in [2.75, 3.05) is 20.2 Å². The molecule has 0 saturated carbocycles. The van der Waals surface area contributed by atoms with Crippen LogP contribution in [0.2, 0.25) is 5.02 Å². The van der Waals surface area contributed by atoms with Gasteiger partial charge in [-0.3, -0.25) is 4.90 Å². The van der Waals surface area contributed by atoms with Crippen LogP contribution in [0.3, 0.4) is 0 Å². The average molecular weight is 337 g/mol. The van der Waals surface area contributed by atoms with E-state index >= 15 is 0 Å². The Morgan fingerprint density at radius 1 is 1.55 bits per heavy atom. The number of hydrogen-bond donors (Lipinski definition) is 0. The first kappa shape index (κ1) is 17.0. The van der Waals surface area contributed by atoms with Gasteiger partial charge in [-0.2, -0.15) is 13.2 Å². The molecule has 22 heavy (non-hydrogen) atoms. The number of aromatic nitrogens is 1. The number of methoxy groups -OCH3 is 1. The third-order valence-electron chi connectivity index (χ3n) is 3.73. The lowest BCUT2D eigenvalue weighted by atomic mass is 9.97. The van der Waals surface area contributed by atoms with Gasteiger partial charge in [0.1, 0.15) is 0 Å². The van der Waals surface area contributed by atoms with Crippen LogP contribution >= 0.6 is 11.6 Å². The highest BCUT2D eigenvalue weighted by Gasteiger charge is 2.41. The monoisotopic (exact) mass is 336 g/mol. The molecular weight excluding hydrogens is 321 g/mol. The SMILES string of the molecule is COC(=O)c1nccc(Cl)c1CN1CCCC(C(F)(F)F)C1. The Morgan fingerprint density at radius 3 is 2.91 bits per heavy atom. The standard InChI is InChI=1S/C14H16ClF3N2O2/c1-22-13(21)12-10(11(15)4-5-19-12)8-20-6-2-3-9(7-20)14(16,17)18/h4-5,9H,2-3,6-8H2,1H3. The molecule has 1 fully saturated rings. The van der Waals surface area contributed by atoms with Gasteiger partial charge in [0.05, 0.1) is 13.0 Å². The van der Waals surface area contributed by atoms with Gasteiger partial charge in [-0.15, -0.1) is 0 Å². The largest absolute Gasteiger partial charge is 0.464 e. The molecule has 0 aromatic carbocycles. The number of nitrogens with zero attached hydrogens (tertiary/aromatic N) is 2. The lowest BCUT2D eigenvalue weighted by Crippen LogP contribution is -2.41. The molecule has 1 aromatic heterocycles. The maximum Gasteiger partial charge on any atom is 0.393 e. The summed E-state index contributed by atoms with van der Waals surface area (Å²) in [7, 11) is 1.22. The normalized spacial score (nSPS) is 20.0. The fraction of sp³-hybridized carbons (Fsp3) is 0.571. The molecule has 1 atom stereocenters. The molecule has 2 rings (SSSR count). The number of rotatable bonds is 3. The molecule has 0 radical (unpaired) electrons. The number of carbonyl (C=O) groups excluding carboxylic acids is 1. The summed E-state index contributed by atoms with van der Waals surface area (Å²) in [5.74, 6) is -2.00. The highest BCUT2D eigenvalue weighted by atomic mass is 35.5. The molecule has 4 nitrogen and oxygen atoms in total. The number of esters is 1. The van der Waals surface area contributed by atoms with Crippen molar-refractivity contribution < 1.29 is 22.7 Å². The Balaban J connectivity index is 2.18. The van der Waals surface area contributed by atoms with Crippen molar-refractivity contribution in [3.05, 3.63) is 28.5 Å². The van der Waals surface area contributed by atoms with Crippen molar-refractivity contribution in [2.24, 2.45) is 5.92 Å². The van der Waals surface area contributed by atoms with E-state index in [1.54, 1.807) is 4.90 Å². The van der Waals surface area contributed by atoms with E-state index in [-0.39, 0.29) is 25.2 Å². The summed E-state index contributed by atoms with van der Waals surface area (Å²) in [6.07, 6.45) is -2.25. The van der Waals surface area contributed by atoms with Gasteiger partial charge in [-0.1, -0.05) is 11.6 Å². The van der Waals surface area contributed by atoms with E-state index in [0.29, 0.717) is 23.6 Å². The molecule has 1 unspecified atom stereocenters. The number of likely N-dealkylation sites (tertiary alicyclic amines) is 1. The number of halogens is 4. The Labute approximate surface area is 131 Å². The van der Waals surface area contributed by atoms with Crippen LogP contribution in [0, 0.1) is 5.92 Å². The number of hydrogen-bond acceptors (Lipinski definition) is 4. The van der Waals surface area contributed by atoms with Crippen LogP contribution < -0.4 is 0 Å². The molecule has 2 heterocycles. The van der Waals surface area contributed by atoms with Gasteiger partial charge in [0, 0.05) is 29.9 Å². The topological polar surface area (TPSA) is 42.4 Å². The second-order valence-corrected chi connectivity index (χ2v) is 5.63. The van der Waals surface area contributed by atoms with Gasteiger partial charge < -0.3 is 4.74 Å². The van der Waals surface area contributed by atoms with Crippen LogP contribution in [0.1, 0.15) is 28.9 Å². The predicted molar refractivity (Wildman–Crippen MR) is 74.6 cm³/mol. The summed E-state index contributed by atoms with van der Waals surface area (Å²) in [4.78, 5) is 17.3. The zero-order valence-corrected chi connectivity index (χ0v) is 12.7. The number of pyridine rings is 1. The summed E-state index contributed by atoms with van der Waals surface area (Å²) in [5, 5.41) is 0.296. The Kier molecular flexibility index (Phi) is 5.28. The first-order valence-electron chi connectivity index (χ1n) is 6.83. The predicted octanol–water partition coefficient (Wildman–Crippen LogP) is 3.30. The zero-order chi connectivity index (χ0) is 16.3. The molecule has 0 amide bonds. The van der Waals surface area contributed by atoms with Gasteiger partial charge >= 0.3 is 12.1 Å². The summed E-state index contributed by atoms with van der Waals surface area (Å²) < 4.78 is 43.2. The van der Waals surface area contributed by atoms with Crippen molar-refractivity contribution >= 4 is 17.6 Å². The van der Waals surface area contributed by atoms with E-state index in [1.165, 1.54) is 19.4 Å². The molecule has 8 heteroatoms. The van der Waals surface area contributed by atoms with Crippen molar-refractivity contribution in [1.29, 1.82) is 0 Å². The van der Waals surface area contributed by atoms with E-state index in [4.69, 9.17) is 11.6 Å². The van der Waals surface area contributed by atoms with E-state index in [0.717, 1.165) is 0 Å². The quantitative estimate of drug-likeness (QED) is 0.794. The first-order valence-corrected chi connectivity index (χ1v) is 7.21. The van der Waals surface area contributed by atoms with E-state index in [2.05, 4.69) is 9.72 Å². The number of carbonyl (C=O) groups is 1. The van der Waals surface area contributed by atoms with Crippen LogP contribution in [-0.4, -0.2) is 42.2 Å². The zero-order valence-electron chi connectivity index (χ0n) is 12.0. The van der Waals surface area contributed by atoms with E-state index in [9.17, 15) is 18.0 Å². The average Bonchev–Trinajstić information content (AvgIpc) is 2.48. The van der Waals surface area contributed by atoms with Crippen LogP contribution in [0.15, 0.2) is 12.3 Å². The Bertz CT molecular complexity index is 551. The molecule has 1 saturated heterocycles. The van der Waals surface area contributed by atoms with Crippen molar-refractivity contribution in [3.63, 3.8) is 0 Å². The highest BCUT2D eigenvalue weighted by molar-refractivity contribution is 6.31. The lowest BCUT2D eigenvalue weighted by molar-refractivity contribution is -0.187. The molecular formula is C14H16ClF3N2O2. The maximum atomic E-state index is 12.9. The van der Waals surface area contributed by atoms with Crippen molar-refractivity contribution in [1.82, 2.24) is 9.88 Å². The van der Waals surface area contributed by atoms with Gasteiger partial charge in [-0.05, 0) is 25.5 Å². The van der Waals surface area contributed by atoms with Gasteiger partial charge in [0.15, 0.2) is 5.69 Å². The van der Waals surface area contributed by atoms with Crippen molar-refractivity contribution in [2.45, 2.75) is 25.6 Å². The minimum absolute atomic E-state index is 0.0455. The Morgan fingerprint density at radius 2 is 2.27 bits per heavy atom. The molecule has 1 aliphatic heterocycles. The second kappa shape index (κ2) is 6.83. The minimum atomic E-state index is -4.21. The van der Waals surface area contributed by atoms with Crippen LogP contribution in [0.4, 0.5) is 13.2 Å². The lowest BCUT2D eigenvalue weighted by Gasteiger charge is -2.34.